The molecule has 3 N–H and O–H groups in total. The van der Waals surface area contributed by atoms with Crippen molar-refractivity contribution < 1.29 is 29.0 Å². The molecular weight excluding hydrogens is 448 g/mol. The minimum Gasteiger partial charge on any atom is -0.482 e. The second kappa shape index (κ2) is 10.7. The largest absolute Gasteiger partial charge is 0.482 e. The number of hydrogen-bond acceptors (Lipinski definition) is 5. The van der Waals surface area contributed by atoms with E-state index in [0.717, 1.165) is 22.3 Å². The molecule has 3 aromatic rings. The summed E-state index contributed by atoms with van der Waals surface area (Å²) in [7, 11) is 0. The maximum atomic E-state index is 12.7. The topological polar surface area (TPSA) is 114 Å². The van der Waals surface area contributed by atoms with Crippen LogP contribution in [-0.2, 0) is 14.3 Å². The van der Waals surface area contributed by atoms with Crippen LogP contribution >= 0.6 is 0 Å². The van der Waals surface area contributed by atoms with Crippen molar-refractivity contribution in [1.29, 1.82) is 0 Å². The third-order valence-electron chi connectivity index (χ3n) is 5.84. The molecule has 0 aromatic heterocycles. The zero-order valence-electron chi connectivity index (χ0n) is 19.2. The first-order valence-electron chi connectivity index (χ1n) is 11.3. The molecule has 8 heteroatoms. The number of fused-ring (bicyclic) bond motifs is 3. The fraction of sp³-hybridized carbons (Fsp3) is 0.222. The number of aliphatic carboxylic acids is 1. The summed E-state index contributed by atoms with van der Waals surface area (Å²) in [5.74, 6) is -1.16. The molecule has 0 heterocycles. The first kappa shape index (κ1) is 23.8. The van der Waals surface area contributed by atoms with E-state index >= 15 is 0 Å². The van der Waals surface area contributed by atoms with Gasteiger partial charge in [0, 0.05) is 11.6 Å². The Morgan fingerprint density at radius 2 is 1.51 bits per heavy atom. The minimum atomic E-state index is -1.08. The van der Waals surface area contributed by atoms with Gasteiger partial charge in [-0.2, -0.15) is 0 Å². The molecule has 0 spiro atoms. The Bertz CT molecular complexity index is 1180. The lowest BCUT2D eigenvalue weighted by molar-refractivity contribution is -0.139. The standard InChI is InChI=1S/C27H26N2O6/c1-2-24(26(32)28-17-11-13-18(14-12-17)34-16-25(30)31)29-27(33)35-15-23-21-9-5-3-7-19(21)20-8-4-6-10-22(20)23/h3-14,23-24H,2,15-16H2,1H3,(H,28,32)(H,29,33)(H,30,31). The van der Waals surface area contributed by atoms with E-state index in [9.17, 15) is 14.4 Å². The zero-order valence-corrected chi connectivity index (χ0v) is 19.2. The van der Waals surface area contributed by atoms with E-state index in [4.69, 9.17) is 14.6 Å². The average molecular weight is 475 g/mol. The maximum Gasteiger partial charge on any atom is 0.407 e. The van der Waals surface area contributed by atoms with Gasteiger partial charge in [-0.05, 0) is 52.9 Å². The Hall–Kier alpha value is -4.33. The fourth-order valence-electron chi connectivity index (χ4n) is 4.14. The van der Waals surface area contributed by atoms with E-state index in [1.165, 1.54) is 0 Å². The van der Waals surface area contributed by atoms with Gasteiger partial charge in [0.1, 0.15) is 18.4 Å². The summed E-state index contributed by atoms with van der Waals surface area (Å²) in [6.07, 6.45) is -0.290. The summed E-state index contributed by atoms with van der Waals surface area (Å²) < 4.78 is 10.6. The summed E-state index contributed by atoms with van der Waals surface area (Å²) in [6.45, 7) is 1.50. The molecule has 1 aliphatic rings. The van der Waals surface area contributed by atoms with Gasteiger partial charge in [0.2, 0.25) is 5.91 Å². The molecule has 0 aliphatic heterocycles. The van der Waals surface area contributed by atoms with Crippen molar-refractivity contribution in [3.8, 4) is 16.9 Å². The van der Waals surface area contributed by atoms with E-state index in [1.54, 1.807) is 31.2 Å². The van der Waals surface area contributed by atoms with Gasteiger partial charge in [-0.25, -0.2) is 9.59 Å². The monoisotopic (exact) mass is 474 g/mol. The van der Waals surface area contributed by atoms with Crippen molar-refractivity contribution in [2.24, 2.45) is 0 Å². The third kappa shape index (κ3) is 5.60. The number of carboxylic acids is 1. The van der Waals surface area contributed by atoms with E-state index < -0.39 is 24.7 Å². The summed E-state index contributed by atoms with van der Waals surface area (Å²) in [6, 6.07) is 21.7. The molecule has 180 valence electrons. The van der Waals surface area contributed by atoms with E-state index in [-0.39, 0.29) is 18.4 Å². The lowest BCUT2D eigenvalue weighted by atomic mass is 9.98. The number of amides is 2. The molecule has 1 aliphatic carbocycles. The van der Waals surface area contributed by atoms with Crippen LogP contribution in [0, 0.1) is 0 Å². The molecule has 0 bridgehead atoms. The Balaban J connectivity index is 1.33. The van der Waals surface area contributed by atoms with Crippen LogP contribution in [0.2, 0.25) is 0 Å². The van der Waals surface area contributed by atoms with Crippen LogP contribution in [0.25, 0.3) is 11.1 Å². The first-order valence-corrected chi connectivity index (χ1v) is 11.3. The number of benzene rings is 3. The predicted octanol–water partition coefficient (Wildman–Crippen LogP) is 4.41. The molecule has 8 nitrogen and oxygen atoms in total. The van der Waals surface area contributed by atoms with Crippen molar-refractivity contribution in [3.63, 3.8) is 0 Å². The van der Waals surface area contributed by atoms with Crippen LogP contribution < -0.4 is 15.4 Å². The van der Waals surface area contributed by atoms with Crippen LogP contribution in [0.5, 0.6) is 5.75 Å². The van der Waals surface area contributed by atoms with Gasteiger partial charge in [0.25, 0.3) is 0 Å². The summed E-state index contributed by atoms with van der Waals surface area (Å²) in [5.41, 5.74) is 5.00. The molecule has 0 radical (unpaired) electrons. The second-order valence-corrected chi connectivity index (χ2v) is 8.13. The normalized spacial score (nSPS) is 12.7. The van der Waals surface area contributed by atoms with Crippen LogP contribution in [0.15, 0.2) is 72.8 Å². The highest BCUT2D eigenvalue weighted by molar-refractivity contribution is 5.96. The molecular formula is C27H26N2O6. The first-order chi connectivity index (χ1) is 17.0. The van der Waals surface area contributed by atoms with Crippen molar-refractivity contribution in [2.45, 2.75) is 25.3 Å². The van der Waals surface area contributed by atoms with Crippen molar-refractivity contribution in [3.05, 3.63) is 83.9 Å². The number of carboxylic acid groups (broad SMARTS) is 1. The summed E-state index contributed by atoms with van der Waals surface area (Å²) in [5, 5.41) is 14.0. The number of nitrogens with one attached hydrogen (secondary N) is 2. The highest BCUT2D eigenvalue weighted by Crippen LogP contribution is 2.44. The predicted molar refractivity (Wildman–Crippen MR) is 130 cm³/mol. The number of hydrogen-bond donors (Lipinski definition) is 3. The molecule has 1 atom stereocenters. The SMILES string of the molecule is CCC(NC(=O)OCC1c2ccccc2-c2ccccc21)C(=O)Nc1ccc(OCC(=O)O)cc1. The molecule has 0 saturated carbocycles. The highest BCUT2D eigenvalue weighted by Gasteiger charge is 2.29. The van der Waals surface area contributed by atoms with Gasteiger partial charge in [0.15, 0.2) is 6.61 Å². The van der Waals surface area contributed by atoms with Gasteiger partial charge in [0.05, 0.1) is 0 Å². The number of ether oxygens (including phenoxy) is 2. The van der Waals surface area contributed by atoms with Crippen molar-refractivity contribution in [2.75, 3.05) is 18.5 Å². The van der Waals surface area contributed by atoms with E-state index in [0.29, 0.717) is 17.9 Å². The molecule has 0 saturated heterocycles. The van der Waals surface area contributed by atoms with E-state index in [2.05, 4.69) is 22.8 Å². The van der Waals surface area contributed by atoms with Crippen molar-refractivity contribution in [1.82, 2.24) is 5.32 Å². The molecule has 4 rings (SSSR count). The fourth-order valence-corrected chi connectivity index (χ4v) is 4.14. The van der Waals surface area contributed by atoms with Crippen LogP contribution in [0.4, 0.5) is 10.5 Å². The van der Waals surface area contributed by atoms with Gasteiger partial charge < -0.3 is 25.2 Å². The molecule has 3 aromatic carbocycles. The quantitative estimate of drug-likeness (QED) is 0.423. The second-order valence-electron chi connectivity index (χ2n) is 8.13. The number of alkyl carbamates (subject to hydrolysis) is 1. The van der Waals surface area contributed by atoms with Crippen molar-refractivity contribution >= 4 is 23.7 Å². The zero-order chi connectivity index (χ0) is 24.8. The molecule has 1 unspecified atom stereocenters. The number of rotatable bonds is 9. The Labute approximate surface area is 202 Å². The Morgan fingerprint density at radius 3 is 2.09 bits per heavy atom. The molecule has 2 amide bonds. The summed E-state index contributed by atoms with van der Waals surface area (Å²) >= 11 is 0. The van der Waals surface area contributed by atoms with Crippen LogP contribution in [0.1, 0.15) is 30.4 Å². The Kier molecular flexibility index (Phi) is 7.30. The molecule has 35 heavy (non-hydrogen) atoms. The highest BCUT2D eigenvalue weighted by atomic mass is 16.5. The van der Waals surface area contributed by atoms with Gasteiger partial charge in [-0.1, -0.05) is 55.5 Å². The number of carbonyl (C=O) groups is 3. The lowest BCUT2D eigenvalue weighted by Crippen LogP contribution is -2.43. The molecule has 0 fully saturated rings. The number of carbonyl (C=O) groups excluding carboxylic acids is 2. The van der Waals surface area contributed by atoms with Gasteiger partial charge in [-0.3, -0.25) is 4.79 Å². The average Bonchev–Trinajstić information content (AvgIpc) is 3.19. The lowest BCUT2D eigenvalue weighted by Gasteiger charge is -2.19. The number of anilines is 1. The smallest absolute Gasteiger partial charge is 0.407 e. The van der Waals surface area contributed by atoms with Crippen LogP contribution in [-0.4, -0.2) is 42.3 Å². The maximum absolute atomic E-state index is 12.7. The van der Waals surface area contributed by atoms with Gasteiger partial charge in [-0.15, -0.1) is 0 Å². The van der Waals surface area contributed by atoms with Gasteiger partial charge >= 0.3 is 12.1 Å². The minimum absolute atomic E-state index is 0.0658. The third-order valence-corrected chi connectivity index (χ3v) is 5.84. The van der Waals surface area contributed by atoms with E-state index in [1.807, 2.05) is 36.4 Å². The Morgan fingerprint density at radius 1 is 0.914 bits per heavy atom. The van der Waals surface area contributed by atoms with Crippen LogP contribution in [0.3, 0.4) is 0 Å². The summed E-state index contributed by atoms with van der Waals surface area (Å²) in [4.78, 5) is 35.8.